The highest BCUT2D eigenvalue weighted by Gasteiger charge is 2.23. The van der Waals surface area contributed by atoms with Crippen LogP contribution < -0.4 is 5.32 Å². The molecule has 4 rings (SSSR count). The highest BCUT2D eigenvalue weighted by molar-refractivity contribution is 7.17. The molecule has 160 valence electrons. The molecule has 0 aliphatic rings. The zero-order valence-corrected chi connectivity index (χ0v) is 19.0. The van der Waals surface area contributed by atoms with Crippen LogP contribution in [0.4, 0.5) is 5.00 Å². The van der Waals surface area contributed by atoms with Gasteiger partial charge in [-0.2, -0.15) is 10.1 Å². The first-order chi connectivity index (χ1) is 15.0. The molecule has 0 saturated heterocycles. The number of carbonyl (C=O) groups is 2. The van der Waals surface area contributed by atoms with Crippen molar-refractivity contribution in [3.63, 3.8) is 0 Å². The highest BCUT2D eigenvalue weighted by atomic mass is 32.1. The Balaban J connectivity index is 1.53. The molecule has 0 atom stereocenters. The number of aryl methyl sites for hydroxylation is 2. The van der Waals surface area contributed by atoms with E-state index in [4.69, 9.17) is 4.74 Å². The van der Waals surface area contributed by atoms with Crippen molar-refractivity contribution in [1.82, 2.24) is 19.6 Å². The molecule has 0 radical (unpaired) electrons. The minimum Gasteiger partial charge on any atom is -0.462 e. The lowest BCUT2D eigenvalue weighted by Gasteiger charge is -2.11. The Bertz CT molecular complexity index is 1240. The van der Waals surface area contributed by atoms with E-state index in [1.54, 1.807) is 11.4 Å². The monoisotopic (exact) mass is 455 g/mol. The van der Waals surface area contributed by atoms with Crippen LogP contribution in [0.2, 0.25) is 0 Å². The maximum absolute atomic E-state index is 12.7. The van der Waals surface area contributed by atoms with E-state index in [1.807, 2.05) is 36.7 Å². The standard InChI is InChI=1S/C21H21N5O3S2/c1-4-29-20(28)18-15(16-6-5-9-30-16)10-31-19(18)25-17(27)8-7-14-12(2)24-21-22-11-23-26(21)13(14)3/h5-6,9-11H,4,7-8H2,1-3H3,(H,25,27). The van der Waals surface area contributed by atoms with Crippen molar-refractivity contribution < 1.29 is 14.3 Å². The van der Waals surface area contributed by atoms with Crippen molar-refractivity contribution in [2.24, 2.45) is 0 Å². The van der Waals surface area contributed by atoms with Gasteiger partial charge in [0, 0.05) is 33.6 Å². The molecule has 0 saturated carbocycles. The first kappa shape index (κ1) is 21.1. The van der Waals surface area contributed by atoms with Gasteiger partial charge in [-0.15, -0.1) is 22.7 Å². The smallest absolute Gasteiger partial charge is 0.341 e. The molecule has 0 aromatic carbocycles. The van der Waals surface area contributed by atoms with Crippen LogP contribution in [0.15, 0.2) is 29.2 Å². The number of amides is 1. The first-order valence-corrected chi connectivity index (χ1v) is 11.5. The number of nitrogens with one attached hydrogen (secondary N) is 1. The predicted molar refractivity (Wildman–Crippen MR) is 121 cm³/mol. The van der Waals surface area contributed by atoms with Gasteiger partial charge in [-0.1, -0.05) is 6.07 Å². The number of rotatable bonds is 7. The van der Waals surface area contributed by atoms with Gasteiger partial charge in [0.2, 0.25) is 5.91 Å². The molecule has 0 fully saturated rings. The van der Waals surface area contributed by atoms with Crippen molar-refractivity contribution in [1.29, 1.82) is 0 Å². The Hall–Kier alpha value is -3.11. The fourth-order valence-corrected chi connectivity index (χ4v) is 5.20. The lowest BCUT2D eigenvalue weighted by Crippen LogP contribution is -2.16. The van der Waals surface area contributed by atoms with Gasteiger partial charge in [-0.3, -0.25) is 4.79 Å². The van der Waals surface area contributed by atoms with E-state index in [9.17, 15) is 9.59 Å². The second-order valence-corrected chi connectivity index (χ2v) is 8.66. The topological polar surface area (TPSA) is 98.5 Å². The summed E-state index contributed by atoms with van der Waals surface area (Å²) < 4.78 is 6.91. The molecule has 4 aromatic rings. The number of ether oxygens (including phenoxy) is 1. The van der Waals surface area contributed by atoms with Crippen LogP contribution in [0, 0.1) is 13.8 Å². The zero-order chi connectivity index (χ0) is 22.0. The van der Waals surface area contributed by atoms with Crippen LogP contribution in [0.5, 0.6) is 0 Å². The lowest BCUT2D eigenvalue weighted by molar-refractivity contribution is -0.116. The molecule has 0 bridgehead atoms. The first-order valence-electron chi connectivity index (χ1n) is 9.77. The van der Waals surface area contributed by atoms with Gasteiger partial charge < -0.3 is 10.1 Å². The Morgan fingerprint density at radius 2 is 2.10 bits per heavy atom. The third-order valence-corrected chi connectivity index (χ3v) is 6.70. The summed E-state index contributed by atoms with van der Waals surface area (Å²) in [6, 6.07) is 3.87. The zero-order valence-electron chi connectivity index (χ0n) is 17.3. The molecule has 0 unspecified atom stereocenters. The van der Waals surface area contributed by atoms with Gasteiger partial charge in [-0.05, 0) is 44.2 Å². The van der Waals surface area contributed by atoms with E-state index >= 15 is 0 Å². The summed E-state index contributed by atoms with van der Waals surface area (Å²) in [6.45, 7) is 5.87. The number of hydrogen-bond donors (Lipinski definition) is 1. The lowest BCUT2D eigenvalue weighted by atomic mass is 10.1. The van der Waals surface area contributed by atoms with E-state index in [0.717, 1.165) is 27.4 Å². The summed E-state index contributed by atoms with van der Waals surface area (Å²) >= 11 is 2.86. The van der Waals surface area contributed by atoms with Crippen LogP contribution in [0.3, 0.4) is 0 Å². The number of anilines is 1. The molecule has 0 aliphatic carbocycles. The van der Waals surface area contributed by atoms with Gasteiger partial charge in [0.1, 0.15) is 16.9 Å². The highest BCUT2D eigenvalue weighted by Crippen LogP contribution is 2.38. The fraction of sp³-hybridized carbons (Fsp3) is 0.286. The summed E-state index contributed by atoms with van der Waals surface area (Å²) in [5, 5.41) is 11.4. The summed E-state index contributed by atoms with van der Waals surface area (Å²) in [6.07, 6.45) is 2.21. The molecular formula is C21H21N5O3S2. The molecule has 4 heterocycles. The van der Waals surface area contributed by atoms with Crippen molar-refractivity contribution in [3.8, 4) is 10.4 Å². The SMILES string of the molecule is CCOC(=O)c1c(-c2cccs2)csc1NC(=O)CCc1c(C)nc2ncnn2c1C. The maximum atomic E-state index is 12.7. The molecule has 0 spiro atoms. The van der Waals surface area contributed by atoms with E-state index in [2.05, 4.69) is 20.4 Å². The number of esters is 1. The van der Waals surface area contributed by atoms with Crippen LogP contribution in [-0.4, -0.2) is 38.1 Å². The molecule has 10 heteroatoms. The Labute approximate surface area is 186 Å². The largest absolute Gasteiger partial charge is 0.462 e. The summed E-state index contributed by atoms with van der Waals surface area (Å²) in [4.78, 5) is 34.9. The quantitative estimate of drug-likeness (QED) is 0.418. The van der Waals surface area contributed by atoms with E-state index < -0.39 is 5.97 Å². The Morgan fingerprint density at radius 1 is 1.26 bits per heavy atom. The minimum atomic E-state index is -0.435. The summed E-state index contributed by atoms with van der Waals surface area (Å²) in [7, 11) is 0. The Kier molecular flexibility index (Phi) is 6.10. The normalized spacial score (nSPS) is 11.1. The van der Waals surface area contributed by atoms with Crippen LogP contribution in [0.25, 0.3) is 16.2 Å². The molecule has 1 N–H and O–H groups in total. The maximum Gasteiger partial charge on any atom is 0.341 e. The third-order valence-electron chi connectivity index (χ3n) is 4.90. The van der Waals surface area contributed by atoms with E-state index in [-0.39, 0.29) is 18.9 Å². The summed E-state index contributed by atoms with van der Waals surface area (Å²) in [5.74, 6) is -0.0699. The molecule has 8 nitrogen and oxygen atoms in total. The van der Waals surface area contributed by atoms with Crippen molar-refractivity contribution >= 4 is 45.3 Å². The number of aromatic nitrogens is 4. The average Bonchev–Trinajstić information content (AvgIpc) is 3.48. The number of hydrogen-bond acceptors (Lipinski definition) is 8. The van der Waals surface area contributed by atoms with Gasteiger partial charge in [0.15, 0.2) is 0 Å². The van der Waals surface area contributed by atoms with E-state index in [0.29, 0.717) is 22.8 Å². The van der Waals surface area contributed by atoms with Crippen molar-refractivity contribution in [3.05, 3.63) is 51.7 Å². The van der Waals surface area contributed by atoms with Crippen molar-refractivity contribution in [2.45, 2.75) is 33.6 Å². The van der Waals surface area contributed by atoms with Gasteiger partial charge in [0.25, 0.3) is 5.78 Å². The van der Waals surface area contributed by atoms with Gasteiger partial charge in [0.05, 0.1) is 6.61 Å². The molecular weight excluding hydrogens is 434 g/mol. The minimum absolute atomic E-state index is 0.178. The molecule has 0 aliphatic heterocycles. The number of carbonyl (C=O) groups excluding carboxylic acids is 2. The molecule has 1 amide bonds. The third kappa shape index (κ3) is 4.21. The fourth-order valence-electron chi connectivity index (χ4n) is 3.41. The molecule has 4 aromatic heterocycles. The predicted octanol–water partition coefficient (Wildman–Crippen LogP) is 4.28. The van der Waals surface area contributed by atoms with E-state index in [1.165, 1.54) is 29.0 Å². The molecule has 31 heavy (non-hydrogen) atoms. The average molecular weight is 456 g/mol. The summed E-state index contributed by atoms with van der Waals surface area (Å²) in [5.41, 5.74) is 3.89. The second-order valence-electron chi connectivity index (χ2n) is 6.83. The number of thiophene rings is 2. The Morgan fingerprint density at radius 3 is 2.84 bits per heavy atom. The van der Waals surface area contributed by atoms with Crippen LogP contribution in [0.1, 0.15) is 40.7 Å². The van der Waals surface area contributed by atoms with Gasteiger partial charge >= 0.3 is 5.97 Å². The van der Waals surface area contributed by atoms with Crippen molar-refractivity contribution in [2.75, 3.05) is 11.9 Å². The second kappa shape index (κ2) is 8.94. The number of nitrogens with zero attached hydrogens (tertiary/aromatic N) is 4. The van der Waals surface area contributed by atoms with Crippen LogP contribution in [-0.2, 0) is 16.0 Å². The van der Waals surface area contributed by atoms with Crippen LogP contribution >= 0.6 is 22.7 Å². The van der Waals surface area contributed by atoms with Gasteiger partial charge in [-0.25, -0.2) is 14.3 Å². The number of fused-ring (bicyclic) bond motifs is 1.